The number of H-pyrrole nitrogens is 2. The van der Waals surface area contributed by atoms with Crippen molar-refractivity contribution in [3.05, 3.63) is 68.5 Å². The molecule has 1 atom stereocenters. The van der Waals surface area contributed by atoms with E-state index in [1.807, 2.05) is 6.07 Å². The van der Waals surface area contributed by atoms with Gasteiger partial charge in [-0.2, -0.15) is 0 Å². The van der Waals surface area contributed by atoms with Crippen LogP contribution < -0.4 is 11.2 Å². The van der Waals surface area contributed by atoms with E-state index >= 15 is 0 Å². The van der Waals surface area contributed by atoms with E-state index in [0.29, 0.717) is 18.8 Å². The number of nitrogens with zero attached hydrogens (tertiary/aromatic N) is 1. The summed E-state index contributed by atoms with van der Waals surface area (Å²) in [4.78, 5) is 29.8. The van der Waals surface area contributed by atoms with Gasteiger partial charge in [-0.1, -0.05) is 30.3 Å². The zero-order valence-electron chi connectivity index (χ0n) is 13.7. The van der Waals surface area contributed by atoms with Crippen molar-refractivity contribution in [2.24, 2.45) is 0 Å². The summed E-state index contributed by atoms with van der Waals surface area (Å²) in [5.74, 6) is 0. The van der Waals surface area contributed by atoms with Gasteiger partial charge in [0.1, 0.15) is 0 Å². The molecule has 0 amide bonds. The van der Waals surface area contributed by atoms with E-state index in [2.05, 4.69) is 39.1 Å². The van der Waals surface area contributed by atoms with Crippen LogP contribution in [-0.4, -0.2) is 40.7 Å². The topological polar surface area (TPSA) is 78.2 Å². The summed E-state index contributed by atoms with van der Waals surface area (Å²) in [5, 5.41) is 0. The number of benzene rings is 1. The SMILES string of the molecule is O=c1cc(CN2CCO[C@H](CCCc3ccccc3)C2)[nH]c(=O)[nH]1. The zero-order valence-corrected chi connectivity index (χ0v) is 13.7. The number of aromatic amines is 2. The Kier molecular flexibility index (Phi) is 5.61. The molecule has 1 aliphatic rings. The van der Waals surface area contributed by atoms with Crippen LogP contribution >= 0.6 is 0 Å². The molecule has 1 saturated heterocycles. The largest absolute Gasteiger partial charge is 0.376 e. The fourth-order valence-corrected chi connectivity index (χ4v) is 3.12. The van der Waals surface area contributed by atoms with Crippen LogP contribution in [0.25, 0.3) is 0 Å². The number of morpholine rings is 1. The molecule has 0 radical (unpaired) electrons. The molecule has 0 aliphatic carbocycles. The first kappa shape index (κ1) is 16.7. The first-order chi connectivity index (χ1) is 11.7. The molecule has 6 heteroatoms. The molecule has 24 heavy (non-hydrogen) atoms. The van der Waals surface area contributed by atoms with E-state index in [1.165, 1.54) is 11.6 Å². The van der Waals surface area contributed by atoms with Gasteiger partial charge in [-0.05, 0) is 24.8 Å². The van der Waals surface area contributed by atoms with E-state index in [1.54, 1.807) is 0 Å². The molecule has 2 heterocycles. The second-order valence-electron chi connectivity index (χ2n) is 6.22. The Morgan fingerprint density at radius 1 is 1.17 bits per heavy atom. The number of rotatable bonds is 6. The molecular formula is C18H23N3O3. The van der Waals surface area contributed by atoms with Crippen LogP contribution in [0.15, 0.2) is 46.0 Å². The zero-order chi connectivity index (χ0) is 16.8. The third-order valence-corrected chi connectivity index (χ3v) is 4.27. The summed E-state index contributed by atoms with van der Waals surface area (Å²) in [5.41, 5.74) is 1.19. The fourth-order valence-electron chi connectivity index (χ4n) is 3.12. The Labute approximate surface area is 140 Å². The summed E-state index contributed by atoms with van der Waals surface area (Å²) in [6, 6.07) is 11.9. The maximum absolute atomic E-state index is 11.4. The molecule has 0 spiro atoms. The Balaban J connectivity index is 1.49. The fraction of sp³-hybridized carbons (Fsp3) is 0.444. The van der Waals surface area contributed by atoms with Gasteiger partial charge in [-0.25, -0.2) is 4.79 Å². The molecule has 1 aromatic carbocycles. The standard InChI is InChI=1S/C18H23N3O3/c22-17-11-15(19-18(23)20-17)12-21-9-10-24-16(13-21)8-4-7-14-5-2-1-3-6-14/h1-3,5-6,11,16H,4,7-10,12-13H2,(H2,19,20,22,23)/t16-/m1/s1. The third-order valence-electron chi connectivity index (χ3n) is 4.27. The average molecular weight is 329 g/mol. The minimum absolute atomic E-state index is 0.205. The number of nitrogens with one attached hydrogen (secondary N) is 2. The van der Waals surface area contributed by atoms with Gasteiger partial charge < -0.3 is 9.72 Å². The van der Waals surface area contributed by atoms with Crippen LogP contribution in [0.1, 0.15) is 24.1 Å². The molecule has 1 aliphatic heterocycles. The van der Waals surface area contributed by atoms with Crippen molar-refractivity contribution in [2.45, 2.75) is 31.9 Å². The highest BCUT2D eigenvalue weighted by molar-refractivity contribution is 5.14. The lowest BCUT2D eigenvalue weighted by molar-refractivity contribution is -0.0358. The van der Waals surface area contributed by atoms with Gasteiger partial charge in [0, 0.05) is 31.4 Å². The summed E-state index contributed by atoms with van der Waals surface area (Å²) >= 11 is 0. The van der Waals surface area contributed by atoms with Gasteiger partial charge in [0.15, 0.2) is 0 Å². The van der Waals surface area contributed by atoms with E-state index in [9.17, 15) is 9.59 Å². The molecule has 0 bridgehead atoms. The minimum atomic E-state index is -0.454. The maximum atomic E-state index is 11.4. The first-order valence-corrected chi connectivity index (χ1v) is 8.39. The highest BCUT2D eigenvalue weighted by Crippen LogP contribution is 2.14. The molecule has 0 saturated carbocycles. The molecule has 128 valence electrons. The molecule has 6 nitrogen and oxygen atoms in total. The smallest absolute Gasteiger partial charge is 0.325 e. The molecule has 1 aromatic heterocycles. The molecule has 3 rings (SSSR count). The second kappa shape index (κ2) is 8.08. The lowest BCUT2D eigenvalue weighted by atomic mass is 10.1. The Morgan fingerprint density at radius 2 is 2.00 bits per heavy atom. The van der Waals surface area contributed by atoms with Crippen molar-refractivity contribution in [1.82, 2.24) is 14.9 Å². The number of aromatic nitrogens is 2. The van der Waals surface area contributed by atoms with Crippen molar-refractivity contribution >= 4 is 0 Å². The minimum Gasteiger partial charge on any atom is -0.376 e. The van der Waals surface area contributed by atoms with E-state index in [0.717, 1.165) is 32.4 Å². The number of ether oxygens (including phenoxy) is 1. The van der Waals surface area contributed by atoms with Crippen LogP contribution in [0.3, 0.4) is 0 Å². The lowest BCUT2D eigenvalue weighted by Gasteiger charge is -2.32. The van der Waals surface area contributed by atoms with Crippen LogP contribution in [0.5, 0.6) is 0 Å². The first-order valence-electron chi connectivity index (χ1n) is 8.39. The Hall–Kier alpha value is -2.18. The molecule has 2 N–H and O–H groups in total. The predicted molar refractivity (Wildman–Crippen MR) is 92.1 cm³/mol. The Bertz CT molecular complexity index is 726. The van der Waals surface area contributed by atoms with Crippen molar-refractivity contribution < 1.29 is 4.74 Å². The highest BCUT2D eigenvalue weighted by Gasteiger charge is 2.20. The summed E-state index contributed by atoms with van der Waals surface area (Å²) in [7, 11) is 0. The van der Waals surface area contributed by atoms with Gasteiger partial charge in [-0.15, -0.1) is 0 Å². The average Bonchev–Trinajstić information content (AvgIpc) is 2.55. The third kappa shape index (κ3) is 4.91. The monoisotopic (exact) mass is 329 g/mol. The second-order valence-corrected chi connectivity index (χ2v) is 6.22. The van der Waals surface area contributed by atoms with Crippen molar-refractivity contribution in [3.63, 3.8) is 0 Å². The predicted octanol–water partition coefficient (Wildman–Crippen LogP) is 1.29. The van der Waals surface area contributed by atoms with Crippen LogP contribution in [0.2, 0.25) is 0 Å². The highest BCUT2D eigenvalue weighted by atomic mass is 16.5. The summed E-state index contributed by atoms with van der Waals surface area (Å²) in [6.45, 7) is 2.88. The number of aryl methyl sites for hydroxylation is 1. The van der Waals surface area contributed by atoms with Gasteiger partial charge in [0.25, 0.3) is 5.56 Å². The van der Waals surface area contributed by atoms with Gasteiger partial charge in [0.05, 0.1) is 12.7 Å². The van der Waals surface area contributed by atoms with E-state index < -0.39 is 5.69 Å². The normalized spacial score (nSPS) is 18.6. The van der Waals surface area contributed by atoms with Crippen LogP contribution in [-0.2, 0) is 17.7 Å². The van der Waals surface area contributed by atoms with Gasteiger partial charge in [0.2, 0.25) is 0 Å². The van der Waals surface area contributed by atoms with E-state index in [-0.39, 0.29) is 11.7 Å². The summed E-state index contributed by atoms with van der Waals surface area (Å²) < 4.78 is 5.85. The van der Waals surface area contributed by atoms with Crippen molar-refractivity contribution in [1.29, 1.82) is 0 Å². The van der Waals surface area contributed by atoms with Crippen LogP contribution in [0, 0.1) is 0 Å². The summed E-state index contributed by atoms with van der Waals surface area (Å²) in [6.07, 6.45) is 3.36. The van der Waals surface area contributed by atoms with Crippen molar-refractivity contribution in [2.75, 3.05) is 19.7 Å². The lowest BCUT2D eigenvalue weighted by Crippen LogP contribution is -2.42. The maximum Gasteiger partial charge on any atom is 0.325 e. The van der Waals surface area contributed by atoms with Crippen molar-refractivity contribution in [3.8, 4) is 0 Å². The molecule has 0 unspecified atom stereocenters. The van der Waals surface area contributed by atoms with Gasteiger partial charge >= 0.3 is 5.69 Å². The molecule has 1 fully saturated rings. The number of hydrogen-bond acceptors (Lipinski definition) is 4. The molecular weight excluding hydrogens is 306 g/mol. The van der Waals surface area contributed by atoms with Gasteiger partial charge in [-0.3, -0.25) is 14.7 Å². The quantitative estimate of drug-likeness (QED) is 0.837. The number of hydrogen-bond donors (Lipinski definition) is 2. The van der Waals surface area contributed by atoms with Crippen LogP contribution in [0.4, 0.5) is 0 Å². The molecule has 2 aromatic rings. The van der Waals surface area contributed by atoms with E-state index in [4.69, 9.17) is 4.74 Å². The Morgan fingerprint density at radius 3 is 2.79 bits per heavy atom.